The third-order valence-corrected chi connectivity index (χ3v) is 5.72. The number of halogens is 1. The lowest BCUT2D eigenvalue weighted by molar-refractivity contribution is 0.548. The summed E-state index contributed by atoms with van der Waals surface area (Å²) >= 11 is 0. The molecular weight excluding hydrogens is 265 g/mol. The molecule has 0 aliphatic carbocycles. The van der Waals surface area contributed by atoms with Gasteiger partial charge in [0.2, 0.25) is 0 Å². The second-order valence-electron chi connectivity index (χ2n) is 5.81. The van der Waals surface area contributed by atoms with Gasteiger partial charge in [-0.05, 0) is 51.3 Å². The minimum atomic E-state index is -3.15. The lowest BCUT2D eigenvalue weighted by Gasteiger charge is -2.20. The minimum Gasteiger partial charge on any atom is -0.327 e. The molecular formula is C14H22FNO2S. The van der Waals surface area contributed by atoms with E-state index in [-0.39, 0.29) is 17.6 Å². The van der Waals surface area contributed by atoms with Crippen molar-refractivity contribution in [1.82, 2.24) is 0 Å². The van der Waals surface area contributed by atoms with E-state index in [0.29, 0.717) is 12.8 Å². The Bertz CT molecular complexity index is 520. The maximum Gasteiger partial charge on any atom is 0.155 e. The largest absolute Gasteiger partial charge is 0.327 e. The minimum absolute atomic E-state index is 0.0625. The molecule has 1 aromatic carbocycles. The summed E-state index contributed by atoms with van der Waals surface area (Å²) in [5.74, 6) is -0.237. The van der Waals surface area contributed by atoms with Gasteiger partial charge in [-0.25, -0.2) is 12.8 Å². The van der Waals surface area contributed by atoms with Crippen molar-refractivity contribution in [2.75, 3.05) is 5.75 Å². The average Bonchev–Trinajstić information content (AvgIpc) is 2.25. The summed E-state index contributed by atoms with van der Waals surface area (Å²) in [5, 5.41) is 0. The van der Waals surface area contributed by atoms with E-state index in [0.717, 1.165) is 5.56 Å². The Morgan fingerprint density at radius 1 is 1.32 bits per heavy atom. The topological polar surface area (TPSA) is 60.2 Å². The molecule has 0 radical (unpaired) electrons. The average molecular weight is 287 g/mol. The van der Waals surface area contributed by atoms with Crippen LogP contribution in [0.5, 0.6) is 0 Å². The molecule has 0 aliphatic heterocycles. The van der Waals surface area contributed by atoms with Crippen LogP contribution in [0.1, 0.15) is 32.8 Å². The van der Waals surface area contributed by atoms with Crippen LogP contribution in [0.15, 0.2) is 24.3 Å². The monoisotopic (exact) mass is 287 g/mol. The zero-order valence-electron chi connectivity index (χ0n) is 11.7. The van der Waals surface area contributed by atoms with Gasteiger partial charge in [0.05, 0.1) is 10.5 Å². The fourth-order valence-electron chi connectivity index (χ4n) is 1.68. The zero-order chi connectivity index (χ0) is 14.7. The van der Waals surface area contributed by atoms with E-state index in [9.17, 15) is 12.8 Å². The molecule has 1 atom stereocenters. The second-order valence-corrected chi connectivity index (χ2v) is 8.68. The number of nitrogens with two attached hydrogens (primary N) is 1. The molecule has 1 unspecified atom stereocenters. The van der Waals surface area contributed by atoms with Gasteiger partial charge in [0.15, 0.2) is 9.84 Å². The molecule has 0 saturated heterocycles. The van der Waals surface area contributed by atoms with Crippen LogP contribution in [0.25, 0.3) is 0 Å². The van der Waals surface area contributed by atoms with E-state index >= 15 is 0 Å². The van der Waals surface area contributed by atoms with Crippen molar-refractivity contribution in [2.45, 2.75) is 44.4 Å². The Hall–Kier alpha value is -0.940. The highest BCUT2D eigenvalue weighted by Crippen LogP contribution is 2.17. The van der Waals surface area contributed by atoms with Gasteiger partial charge < -0.3 is 5.73 Å². The van der Waals surface area contributed by atoms with E-state index in [4.69, 9.17) is 5.73 Å². The molecule has 0 saturated carbocycles. The van der Waals surface area contributed by atoms with Crippen molar-refractivity contribution < 1.29 is 12.8 Å². The van der Waals surface area contributed by atoms with E-state index in [1.54, 1.807) is 32.9 Å². The van der Waals surface area contributed by atoms with Crippen LogP contribution in [-0.2, 0) is 16.3 Å². The molecule has 3 nitrogen and oxygen atoms in total. The Kier molecular flexibility index (Phi) is 5.10. The SMILES string of the molecule is CC(C)(C)S(=O)(=O)CCC(N)Cc1cccc(F)c1. The number of hydrogen-bond acceptors (Lipinski definition) is 3. The van der Waals surface area contributed by atoms with Gasteiger partial charge in [-0.3, -0.25) is 0 Å². The lowest BCUT2D eigenvalue weighted by atomic mass is 10.0. The summed E-state index contributed by atoms with van der Waals surface area (Å²) in [6.45, 7) is 5.04. The molecule has 0 heterocycles. The van der Waals surface area contributed by atoms with E-state index < -0.39 is 14.6 Å². The Morgan fingerprint density at radius 3 is 2.47 bits per heavy atom. The number of sulfone groups is 1. The molecule has 2 N–H and O–H groups in total. The quantitative estimate of drug-likeness (QED) is 0.904. The molecule has 0 spiro atoms. The molecule has 0 bridgehead atoms. The summed E-state index contributed by atoms with van der Waals surface area (Å²) in [4.78, 5) is 0. The van der Waals surface area contributed by atoms with Crippen LogP contribution >= 0.6 is 0 Å². The summed E-state index contributed by atoms with van der Waals surface area (Å²) in [5.41, 5.74) is 6.71. The van der Waals surface area contributed by atoms with Crippen molar-refractivity contribution in [3.8, 4) is 0 Å². The van der Waals surface area contributed by atoms with E-state index in [2.05, 4.69) is 0 Å². The summed E-state index contributed by atoms with van der Waals surface area (Å²) in [6.07, 6.45) is 0.869. The van der Waals surface area contributed by atoms with Crippen LogP contribution in [-0.4, -0.2) is 25.0 Å². The van der Waals surface area contributed by atoms with Gasteiger partial charge in [0.1, 0.15) is 5.82 Å². The predicted molar refractivity (Wildman–Crippen MR) is 76.2 cm³/mol. The van der Waals surface area contributed by atoms with Crippen molar-refractivity contribution in [1.29, 1.82) is 0 Å². The Morgan fingerprint density at radius 2 is 1.95 bits per heavy atom. The van der Waals surface area contributed by atoms with Crippen molar-refractivity contribution in [2.24, 2.45) is 5.73 Å². The summed E-state index contributed by atoms with van der Waals surface area (Å²) in [7, 11) is -3.15. The van der Waals surface area contributed by atoms with Gasteiger partial charge in [0.25, 0.3) is 0 Å². The second kappa shape index (κ2) is 6.01. The van der Waals surface area contributed by atoms with Crippen LogP contribution in [0, 0.1) is 5.82 Å². The number of rotatable bonds is 5. The van der Waals surface area contributed by atoms with Gasteiger partial charge in [-0.1, -0.05) is 12.1 Å². The summed E-state index contributed by atoms with van der Waals surface area (Å²) in [6, 6.07) is 5.95. The van der Waals surface area contributed by atoms with Crippen LogP contribution in [0.2, 0.25) is 0 Å². The first-order chi connectivity index (χ1) is 8.62. The third-order valence-electron chi connectivity index (χ3n) is 3.08. The molecule has 0 fully saturated rings. The molecule has 5 heteroatoms. The number of benzene rings is 1. The fraction of sp³-hybridized carbons (Fsp3) is 0.571. The smallest absolute Gasteiger partial charge is 0.155 e. The first-order valence-electron chi connectivity index (χ1n) is 6.34. The maximum atomic E-state index is 13.0. The molecule has 1 aromatic rings. The van der Waals surface area contributed by atoms with Gasteiger partial charge in [-0.2, -0.15) is 0 Å². The van der Waals surface area contributed by atoms with Crippen LogP contribution < -0.4 is 5.73 Å². The van der Waals surface area contributed by atoms with Gasteiger partial charge in [0, 0.05) is 6.04 Å². The highest BCUT2D eigenvalue weighted by atomic mass is 32.2. The molecule has 0 aliphatic rings. The first-order valence-corrected chi connectivity index (χ1v) is 7.99. The molecule has 108 valence electrons. The molecule has 1 rings (SSSR count). The van der Waals surface area contributed by atoms with E-state index in [1.165, 1.54) is 12.1 Å². The molecule has 0 aromatic heterocycles. The van der Waals surface area contributed by atoms with Crippen molar-refractivity contribution in [3.63, 3.8) is 0 Å². The first kappa shape index (κ1) is 16.1. The summed E-state index contributed by atoms with van der Waals surface area (Å²) < 4.78 is 36.1. The van der Waals surface area contributed by atoms with Crippen molar-refractivity contribution >= 4 is 9.84 Å². The Balaban J connectivity index is 2.56. The highest BCUT2D eigenvalue weighted by molar-refractivity contribution is 7.92. The predicted octanol–water partition coefficient (Wildman–Crippen LogP) is 2.30. The molecule has 19 heavy (non-hydrogen) atoms. The highest BCUT2D eigenvalue weighted by Gasteiger charge is 2.28. The van der Waals surface area contributed by atoms with Crippen molar-refractivity contribution in [3.05, 3.63) is 35.6 Å². The lowest BCUT2D eigenvalue weighted by Crippen LogP contribution is -2.34. The zero-order valence-corrected chi connectivity index (χ0v) is 12.5. The number of hydrogen-bond donors (Lipinski definition) is 1. The van der Waals surface area contributed by atoms with E-state index in [1.807, 2.05) is 0 Å². The van der Waals surface area contributed by atoms with Gasteiger partial charge >= 0.3 is 0 Å². The maximum absolute atomic E-state index is 13.0. The van der Waals surface area contributed by atoms with Crippen LogP contribution in [0.4, 0.5) is 4.39 Å². The standard InChI is InChI=1S/C14H22FNO2S/c1-14(2,3)19(17,18)8-7-13(16)10-11-5-4-6-12(15)9-11/h4-6,9,13H,7-8,10,16H2,1-3H3. The van der Waals surface area contributed by atoms with Gasteiger partial charge in [-0.15, -0.1) is 0 Å². The van der Waals surface area contributed by atoms with Crippen LogP contribution in [0.3, 0.4) is 0 Å². The molecule has 0 amide bonds. The third kappa shape index (κ3) is 4.91. The normalized spacial score (nSPS) is 14.4. The Labute approximate surface area is 114 Å². The fourth-order valence-corrected chi connectivity index (χ4v) is 2.91.